The second-order valence-corrected chi connectivity index (χ2v) is 3.62. The van der Waals surface area contributed by atoms with Crippen LogP contribution in [0.25, 0.3) is 0 Å². The van der Waals surface area contributed by atoms with E-state index in [0.29, 0.717) is 17.9 Å². The van der Waals surface area contributed by atoms with Crippen LogP contribution in [0.4, 0.5) is 5.82 Å². The van der Waals surface area contributed by atoms with Crippen LogP contribution in [0.3, 0.4) is 0 Å². The summed E-state index contributed by atoms with van der Waals surface area (Å²) in [4.78, 5) is 18.4. The van der Waals surface area contributed by atoms with Gasteiger partial charge >= 0.3 is 0 Å². The van der Waals surface area contributed by atoms with E-state index < -0.39 is 0 Å². The van der Waals surface area contributed by atoms with Gasteiger partial charge < -0.3 is 10.5 Å². The van der Waals surface area contributed by atoms with Crippen LogP contribution in [-0.2, 0) is 4.79 Å². The van der Waals surface area contributed by atoms with Gasteiger partial charge in [0, 0.05) is 18.2 Å². The molecule has 0 fully saturated rings. The molecule has 18 heavy (non-hydrogen) atoms. The third-order valence-corrected chi connectivity index (χ3v) is 2.39. The van der Waals surface area contributed by atoms with Gasteiger partial charge in [-0.1, -0.05) is 6.92 Å². The number of ether oxygens (including phenoxy) is 1. The number of nitrogens with zero attached hydrogens (tertiary/aromatic N) is 2. The summed E-state index contributed by atoms with van der Waals surface area (Å²) in [5.41, 5.74) is 6.11. The SMILES string of the molecule is C/C=C(\CC)Oc1ccnc(/N=C(/N)C=O)c1C. The predicted molar refractivity (Wildman–Crippen MR) is 71.0 cm³/mol. The fourth-order valence-electron chi connectivity index (χ4n) is 1.36. The molecule has 0 atom stereocenters. The van der Waals surface area contributed by atoms with Crippen LogP contribution in [0, 0.1) is 6.92 Å². The molecule has 0 aromatic carbocycles. The van der Waals surface area contributed by atoms with Crippen molar-refractivity contribution in [3.8, 4) is 5.75 Å². The van der Waals surface area contributed by atoms with Crippen LogP contribution < -0.4 is 10.5 Å². The number of hydrogen-bond acceptors (Lipinski definition) is 4. The van der Waals surface area contributed by atoms with Crippen molar-refractivity contribution in [2.75, 3.05) is 0 Å². The first-order chi connectivity index (χ1) is 8.62. The largest absolute Gasteiger partial charge is 0.462 e. The van der Waals surface area contributed by atoms with Gasteiger partial charge in [-0.15, -0.1) is 0 Å². The molecule has 5 nitrogen and oxygen atoms in total. The van der Waals surface area contributed by atoms with Gasteiger partial charge in [0.1, 0.15) is 5.75 Å². The zero-order valence-electron chi connectivity index (χ0n) is 10.8. The molecule has 5 heteroatoms. The van der Waals surface area contributed by atoms with E-state index in [2.05, 4.69) is 9.98 Å². The zero-order valence-corrected chi connectivity index (χ0v) is 10.8. The van der Waals surface area contributed by atoms with Crippen molar-refractivity contribution in [1.82, 2.24) is 4.98 Å². The molecule has 96 valence electrons. The van der Waals surface area contributed by atoms with E-state index in [-0.39, 0.29) is 5.84 Å². The first-order valence-electron chi connectivity index (χ1n) is 5.70. The summed E-state index contributed by atoms with van der Waals surface area (Å²) in [7, 11) is 0. The van der Waals surface area contributed by atoms with Crippen LogP contribution in [0.2, 0.25) is 0 Å². The predicted octanol–water partition coefficient (Wildman–Crippen LogP) is 2.27. The fraction of sp³-hybridized carbons (Fsp3) is 0.308. The number of aliphatic imine (C=N–C) groups is 1. The third kappa shape index (κ3) is 3.41. The van der Waals surface area contributed by atoms with Crippen LogP contribution in [0.15, 0.2) is 29.1 Å². The summed E-state index contributed by atoms with van der Waals surface area (Å²) >= 11 is 0. The minimum atomic E-state index is -0.107. The van der Waals surface area contributed by atoms with Crippen LogP contribution in [-0.4, -0.2) is 17.1 Å². The van der Waals surface area contributed by atoms with E-state index in [9.17, 15) is 4.79 Å². The summed E-state index contributed by atoms with van der Waals surface area (Å²) in [5, 5.41) is 0. The lowest BCUT2D eigenvalue weighted by molar-refractivity contribution is -0.102. The Labute approximate surface area is 106 Å². The molecule has 1 rings (SSSR count). The molecule has 1 heterocycles. The maximum Gasteiger partial charge on any atom is 0.184 e. The molecule has 0 aliphatic carbocycles. The Kier molecular flexibility index (Phi) is 5.05. The average Bonchev–Trinajstić information content (AvgIpc) is 2.39. The second-order valence-electron chi connectivity index (χ2n) is 3.62. The average molecular weight is 247 g/mol. The number of aldehydes is 1. The fourth-order valence-corrected chi connectivity index (χ4v) is 1.36. The highest BCUT2D eigenvalue weighted by Crippen LogP contribution is 2.27. The number of nitrogens with two attached hydrogens (primary N) is 1. The Hall–Kier alpha value is -2.17. The molecule has 0 saturated carbocycles. The van der Waals surface area contributed by atoms with Gasteiger partial charge in [-0.2, -0.15) is 0 Å². The Morgan fingerprint density at radius 2 is 2.33 bits per heavy atom. The lowest BCUT2D eigenvalue weighted by atomic mass is 10.2. The van der Waals surface area contributed by atoms with Crippen molar-refractivity contribution in [3.63, 3.8) is 0 Å². The number of pyridine rings is 1. The van der Waals surface area contributed by atoms with Gasteiger partial charge in [-0.25, -0.2) is 9.98 Å². The van der Waals surface area contributed by atoms with Gasteiger partial charge in [0.05, 0.1) is 5.76 Å². The maximum atomic E-state index is 10.5. The number of allylic oxidation sites excluding steroid dienone is 2. The molecular weight excluding hydrogens is 230 g/mol. The molecule has 0 amide bonds. The Morgan fingerprint density at radius 1 is 1.61 bits per heavy atom. The highest BCUT2D eigenvalue weighted by Gasteiger charge is 2.07. The van der Waals surface area contributed by atoms with Gasteiger partial charge in [-0.05, 0) is 26.0 Å². The Balaban J connectivity index is 3.09. The first kappa shape index (κ1) is 13.9. The monoisotopic (exact) mass is 247 g/mol. The molecule has 0 saturated heterocycles. The molecule has 0 aliphatic heterocycles. The van der Waals surface area contributed by atoms with E-state index in [1.165, 1.54) is 0 Å². The lowest BCUT2D eigenvalue weighted by Gasteiger charge is -2.11. The number of carbonyl (C=O) groups is 1. The Morgan fingerprint density at radius 3 is 2.89 bits per heavy atom. The normalized spacial score (nSPS) is 12.4. The summed E-state index contributed by atoms with van der Waals surface area (Å²) in [6, 6.07) is 1.75. The van der Waals surface area contributed by atoms with Gasteiger partial charge in [-0.3, -0.25) is 4.79 Å². The van der Waals surface area contributed by atoms with E-state index in [1.54, 1.807) is 12.3 Å². The molecule has 0 unspecified atom stereocenters. The van der Waals surface area contributed by atoms with Gasteiger partial charge in [0.25, 0.3) is 0 Å². The second kappa shape index (κ2) is 6.54. The van der Waals surface area contributed by atoms with E-state index in [0.717, 1.165) is 17.7 Å². The van der Waals surface area contributed by atoms with Crippen LogP contribution >= 0.6 is 0 Å². The topological polar surface area (TPSA) is 77.6 Å². The first-order valence-corrected chi connectivity index (χ1v) is 5.70. The number of amidine groups is 1. The van der Waals surface area contributed by atoms with Crippen molar-refractivity contribution in [2.45, 2.75) is 27.2 Å². The number of rotatable bonds is 5. The molecule has 0 aliphatic rings. The number of hydrogen-bond donors (Lipinski definition) is 1. The molecule has 2 N–H and O–H groups in total. The smallest absolute Gasteiger partial charge is 0.184 e. The van der Waals surface area contributed by atoms with Crippen molar-refractivity contribution in [2.24, 2.45) is 10.7 Å². The van der Waals surface area contributed by atoms with Gasteiger partial charge in [0.15, 0.2) is 17.9 Å². The molecule has 0 radical (unpaired) electrons. The Bertz CT molecular complexity index is 493. The van der Waals surface area contributed by atoms with Crippen LogP contribution in [0.5, 0.6) is 5.75 Å². The number of aromatic nitrogens is 1. The highest BCUT2D eigenvalue weighted by molar-refractivity contribution is 6.26. The summed E-state index contributed by atoms with van der Waals surface area (Å²) in [6.07, 6.45) is 4.76. The van der Waals surface area contributed by atoms with Crippen molar-refractivity contribution in [1.29, 1.82) is 0 Å². The highest BCUT2D eigenvalue weighted by atomic mass is 16.5. The zero-order chi connectivity index (χ0) is 13.5. The molecular formula is C13H17N3O2. The van der Waals surface area contributed by atoms with Crippen molar-refractivity contribution < 1.29 is 9.53 Å². The molecule has 0 spiro atoms. The van der Waals surface area contributed by atoms with Crippen molar-refractivity contribution >= 4 is 17.9 Å². The number of carbonyl (C=O) groups excluding carboxylic acids is 1. The summed E-state index contributed by atoms with van der Waals surface area (Å²) < 4.78 is 5.72. The van der Waals surface area contributed by atoms with Gasteiger partial charge in [0.2, 0.25) is 0 Å². The lowest BCUT2D eigenvalue weighted by Crippen LogP contribution is -2.12. The van der Waals surface area contributed by atoms with Crippen LogP contribution in [0.1, 0.15) is 25.8 Å². The maximum absolute atomic E-state index is 10.5. The van der Waals surface area contributed by atoms with E-state index in [4.69, 9.17) is 10.5 Å². The molecule has 0 bridgehead atoms. The van der Waals surface area contributed by atoms with E-state index >= 15 is 0 Å². The van der Waals surface area contributed by atoms with E-state index in [1.807, 2.05) is 26.8 Å². The summed E-state index contributed by atoms with van der Waals surface area (Å²) in [5.74, 6) is 1.81. The standard InChI is InChI=1S/C13H17N3O2/c1-4-10(5-2)18-11-6-7-15-13(9(11)3)16-12(14)8-17/h4,6-8H,5H2,1-3H3,(H2,14,15,16)/b10-4+. The molecule has 1 aromatic heterocycles. The quantitative estimate of drug-likeness (QED) is 0.375. The summed E-state index contributed by atoms with van der Waals surface area (Å²) in [6.45, 7) is 5.75. The molecule has 1 aromatic rings. The third-order valence-electron chi connectivity index (χ3n) is 2.39. The minimum absolute atomic E-state index is 0.107. The van der Waals surface area contributed by atoms with Crippen molar-refractivity contribution in [3.05, 3.63) is 29.7 Å². The minimum Gasteiger partial charge on any atom is -0.462 e.